The SMILES string of the molecule is CCc1cc(C#CP(c2ccccc2)c2ccccc2)c(CC)cc1C#Cc1ccc(OC)cc1. The standard InChI is InChI=1S/C33H29OP/c1-4-27-25-30(22-23-35(32-12-8-6-9-13-32)33-14-10-7-11-15-33)28(5-2)24-29(27)19-16-26-17-20-31(34-3)21-18-26/h6-15,17-18,20-21,24-25H,4-5H2,1-3H3. The summed E-state index contributed by atoms with van der Waals surface area (Å²) in [6, 6.07) is 33.6. The van der Waals surface area contributed by atoms with E-state index in [0.29, 0.717) is 0 Å². The molecule has 4 rings (SSSR count). The van der Waals surface area contributed by atoms with Crippen molar-refractivity contribution in [3.63, 3.8) is 0 Å². The van der Waals surface area contributed by atoms with E-state index in [1.807, 2.05) is 24.3 Å². The monoisotopic (exact) mass is 472 g/mol. The summed E-state index contributed by atoms with van der Waals surface area (Å²) >= 11 is 0. The largest absolute Gasteiger partial charge is 0.497 e. The highest BCUT2D eigenvalue weighted by molar-refractivity contribution is 7.77. The first-order valence-corrected chi connectivity index (χ1v) is 13.3. The molecule has 0 amide bonds. The van der Waals surface area contributed by atoms with Gasteiger partial charge in [0.15, 0.2) is 0 Å². The maximum atomic E-state index is 5.25. The summed E-state index contributed by atoms with van der Waals surface area (Å²) in [6.07, 6.45) is 1.83. The molecule has 172 valence electrons. The quantitative estimate of drug-likeness (QED) is 0.233. The zero-order valence-electron chi connectivity index (χ0n) is 20.5. The van der Waals surface area contributed by atoms with Crippen molar-refractivity contribution >= 4 is 18.5 Å². The molecule has 0 aliphatic heterocycles. The van der Waals surface area contributed by atoms with Crippen molar-refractivity contribution in [1.82, 2.24) is 0 Å². The molecule has 0 heterocycles. The zero-order chi connectivity index (χ0) is 24.5. The van der Waals surface area contributed by atoms with Gasteiger partial charge in [-0.15, -0.1) is 0 Å². The van der Waals surface area contributed by atoms with Gasteiger partial charge in [0.25, 0.3) is 0 Å². The van der Waals surface area contributed by atoms with Crippen LogP contribution in [0.1, 0.15) is 41.7 Å². The van der Waals surface area contributed by atoms with Gasteiger partial charge in [0.1, 0.15) is 5.75 Å². The molecular weight excluding hydrogens is 443 g/mol. The Morgan fingerprint density at radius 2 is 1.14 bits per heavy atom. The van der Waals surface area contributed by atoms with E-state index in [4.69, 9.17) is 4.74 Å². The van der Waals surface area contributed by atoms with E-state index in [0.717, 1.165) is 35.3 Å². The van der Waals surface area contributed by atoms with E-state index < -0.39 is 7.92 Å². The van der Waals surface area contributed by atoms with Crippen LogP contribution in [0.15, 0.2) is 97.1 Å². The van der Waals surface area contributed by atoms with Crippen LogP contribution in [-0.4, -0.2) is 7.11 Å². The van der Waals surface area contributed by atoms with E-state index in [2.05, 4.69) is 110 Å². The van der Waals surface area contributed by atoms with Crippen molar-refractivity contribution in [2.45, 2.75) is 26.7 Å². The number of ether oxygens (including phenoxy) is 1. The van der Waals surface area contributed by atoms with E-state index in [-0.39, 0.29) is 0 Å². The maximum absolute atomic E-state index is 5.25. The molecule has 0 atom stereocenters. The highest BCUT2D eigenvalue weighted by Crippen LogP contribution is 2.32. The molecule has 35 heavy (non-hydrogen) atoms. The van der Waals surface area contributed by atoms with Crippen LogP contribution in [0.2, 0.25) is 0 Å². The minimum Gasteiger partial charge on any atom is -0.497 e. The molecule has 0 aromatic heterocycles. The van der Waals surface area contributed by atoms with Crippen LogP contribution >= 0.6 is 7.92 Å². The van der Waals surface area contributed by atoms with Crippen molar-refractivity contribution < 1.29 is 4.74 Å². The zero-order valence-corrected chi connectivity index (χ0v) is 21.4. The van der Waals surface area contributed by atoms with Crippen molar-refractivity contribution in [3.8, 4) is 29.2 Å². The Kier molecular flexibility index (Phi) is 8.41. The number of hydrogen-bond donors (Lipinski definition) is 0. The molecule has 0 aliphatic rings. The Morgan fingerprint density at radius 3 is 1.63 bits per heavy atom. The third-order valence-corrected chi connectivity index (χ3v) is 7.82. The van der Waals surface area contributed by atoms with Crippen LogP contribution in [0.5, 0.6) is 5.75 Å². The predicted octanol–water partition coefficient (Wildman–Crippen LogP) is 6.66. The Bertz CT molecular complexity index is 1340. The Balaban J connectivity index is 1.71. The second-order valence-electron chi connectivity index (χ2n) is 8.10. The molecule has 0 spiro atoms. The fourth-order valence-corrected chi connectivity index (χ4v) is 5.60. The van der Waals surface area contributed by atoms with Gasteiger partial charge in [-0.05, 0) is 71.0 Å². The minimum absolute atomic E-state index is 0.754. The second-order valence-corrected chi connectivity index (χ2v) is 10.0. The van der Waals surface area contributed by atoms with Crippen LogP contribution in [0.4, 0.5) is 0 Å². The van der Waals surface area contributed by atoms with Crippen molar-refractivity contribution in [2.75, 3.05) is 7.11 Å². The minimum atomic E-state index is -0.754. The lowest BCUT2D eigenvalue weighted by molar-refractivity contribution is 0.415. The normalized spacial score (nSPS) is 10.2. The molecule has 1 nitrogen and oxygen atoms in total. The van der Waals surface area contributed by atoms with Gasteiger partial charge in [-0.1, -0.05) is 97.9 Å². The van der Waals surface area contributed by atoms with Crippen LogP contribution in [0.25, 0.3) is 0 Å². The fraction of sp³-hybridized carbons (Fsp3) is 0.152. The van der Waals surface area contributed by atoms with Gasteiger partial charge in [-0.25, -0.2) is 0 Å². The maximum Gasteiger partial charge on any atom is 0.118 e. The predicted molar refractivity (Wildman–Crippen MR) is 150 cm³/mol. The van der Waals surface area contributed by atoms with Gasteiger partial charge in [0.2, 0.25) is 0 Å². The molecule has 0 radical (unpaired) electrons. The van der Waals surface area contributed by atoms with Crippen LogP contribution < -0.4 is 15.3 Å². The lowest BCUT2D eigenvalue weighted by Gasteiger charge is -2.12. The summed E-state index contributed by atoms with van der Waals surface area (Å²) < 4.78 is 5.25. The van der Waals surface area contributed by atoms with Crippen LogP contribution in [-0.2, 0) is 12.8 Å². The summed E-state index contributed by atoms with van der Waals surface area (Å²) in [4.78, 5) is 0. The molecule has 0 saturated heterocycles. The summed E-state index contributed by atoms with van der Waals surface area (Å²) in [5.41, 5.74) is 9.29. The number of hydrogen-bond acceptors (Lipinski definition) is 1. The second kappa shape index (κ2) is 12.1. The number of rotatable bonds is 5. The molecule has 0 unspecified atom stereocenters. The van der Waals surface area contributed by atoms with Crippen molar-refractivity contribution in [3.05, 3.63) is 125 Å². The summed E-state index contributed by atoms with van der Waals surface area (Å²) in [5.74, 6) is 11.1. The average Bonchev–Trinajstić information content (AvgIpc) is 2.93. The topological polar surface area (TPSA) is 9.23 Å². The van der Waals surface area contributed by atoms with E-state index in [9.17, 15) is 0 Å². The molecule has 4 aromatic carbocycles. The lowest BCUT2D eigenvalue weighted by atomic mass is 9.96. The lowest BCUT2D eigenvalue weighted by Crippen LogP contribution is -2.09. The molecular formula is C33H29OP. The average molecular weight is 473 g/mol. The number of methoxy groups -OCH3 is 1. The summed E-state index contributed by atoms with van der Waals surface area (Å²) in [7, 11) is 0.920. The Hall–Kier alpha value is -3.77. The number of benzene rings is 4. The smallest absolute Gasteiger partial charge is 0.118 e. The summed E-state index contributed by atoms with van der Waals surface area (Å²) in [6.45, 7) is 4.36. The van der Waals surface area contributed by atoms with Gasteiger partial charge in [-0.3, -0.25) is 0 Å². The van der Waals surface area contributed by atoms with E-state index >= 15 is 0 Å². The molecule has 0 aliphatic carbocycles. The first-order valence-electron chi connectivity index (χ1n) is 12.0. The van der Waals surface area contributed by atoms with Gasteiger partial charge < -0.3 is 4.74 Å². The summed E-state index contributed by atoms with van der Waals surface area (Å²) in [5, 5.41) is 2.55. The molecule has 2 heteroatoms. The van der Waals surface area contributed by atoms with Gasteiger partial charge >= 0.3 is 0 Å². The van der Waals surface area contributed by atoms with Crippen molar-refractivity contribution in [2.24, 2.45) is 0 Å². The van der Waals surface area contributed by atoms with E-state index in [1.54, 1.807) is 7.11 Å². The molecule has 0 saturated carbocycles. The molecule has 0 N–H and O–H groups in total. The number of aryl methyl sites for hydroxylation is 2. The third-order valence-electron chi connectivity index (χ3n) is 5.85. The molecule has 4 aromatic rings. The highest BCUT2D eigenvalue weighted by atomic mass is 31.1. The van der Waals surface area contributed by atoms with Crippen LogP contribution in [0, 0.1) is 23.4 Å². The first kappa shape index (κ1) is 24.4. The fourth-order valence-electron chi connectivity index (χ4n) is 3.87. The Morgan fingerprint density at radius 1 is 0.629 bits per heavy atom. The third kappa shape index (κ3) is 6.22. The molecule has 0 bridgehead atoms. The highest BCUT2D eigenvalue weighted by Gasteiger charge is 2.11. The Labute approximate surface area is 210 Å². The molecule has 0 fully saturated rings. The van der Waals surface area contributed by atoms with Crippen molar-refractivity contribution in [1.29, 1.82) is 0 Å². The van der Waals surface area contributed by atoms with Gasteiger partial charge in [-0.2, -0.15) is 0 Å². The van der Waals surface area contributed by atoms with Crippen LogP contribution in [0.3, 0.4) is 0 Å². The van der Waals surface area contributed by atoms with Gasteiger partial charge in [0.05, 0.1) is 7.11 Å². The first-order chi connectivity index (χ1) is 17.2. The van der Waals surface area contributed by atoms with Gasteiger partial charge in [0, 0.05) is 24.6 Å². The van der Waals surface area contributed by atoms with E-state index in [1.165, 1.54) is 21.7 Å².